The first-order valence-electron chi connectivity index (χ1n) is 5.70. The Morgan fingerprint density at radius 2 is 1.94 bits per heavy atom. The number of carboxylic acids is 2. The van der Waals surface area contributed by atoms with Crippen LogP contribution in [0.25, 0.3) is 5.57 Å². The molecule has 0 bridgehead atoms. The van der Waals surface area contributed by atoms with Gasteiger partial charge in [0, 0.05) is 0 Å². The van der Waals surface area contributed by atoms with Gasteiger partial charge in [-0.1, -0.05) is 25.1 Å². The molecule has 1 aromatic carbocycles. The summed E-state index contributed by atoms with van der Waals surface area (Å²) in [5.41, 5.74) is 2.56. The maximum Gasteiger partial charge on any atom is 0.335 e. The van der Waals surface area contributed by atoms with Gasteiger partial charge in [-0.15, -0.1) is 0 Å². The molecule has 0 radical (unpaired) electrons. The molecule has 96 valence electrons. The Labute approximate surface area is 106 Å². The number of carboxylic acid groups (broad SMARTS) is 2. The zero-order valence-electron chi connectivity index (χ0n) is 10.4. The van der Waals surface area contributed by atoms with E-state index in [1.807, 2.05) is 13.0 Å². The second-order valence-corrected chi connectivity index (χ2v) is 4.02. The van der Waals surface area contributed by atoms with Crippen LogP contribution in [0.3, 0.4) is 0 Å². The van der Waals surface area contributed by atoms with Crippen molar-refractivity contribution < 1.29 is 19.8 Å². The standard InChI is InChI=1S/C14H16O4/c1-3-10(6-7-13(15)16)11-5-4-9(2)12(8-11)14(17)18/h4-6,8H,3,7H2,1-2H3,(H,15,16)(H,17,18)/b10-6+. The summed E-state index contributed by atoms with van der Waals surface area (Å²) in [6, 6.07) is 5.15. The zero-order valence-corrected chi connectivity index (χ0v) is 10.4. The van der Waals surface area contributed by atoms with Crippen molar-refractivity contribution in [2.45, 2.75) is 26.7 Å². The Morgan fingerprint density at radius 3 is 2.44 bits per heavy atom. The number of rotatable bonds is 5. The molecular weight excluding hydrogens is 232 g/mol. The number of hydrogen-bond acceptors (Lipinski definition) is 2. The molecule has 0 saturated heterocycles. The van der Waals surface area contributed by atoms with Gasteiger partial charge in [0.15, 0.2) is 0 Å². The fraction of sp³-hybridized carbons (Fsp3) is 0.286. The molecule has 2 N–H and O–H groups in total. The van der Waals surface area contributed by atoms with E-state index in [0.29, 0.717) is 12.0 Å². The average molecular weight is 248 g/mol. The first kappa shape index (κ1) is 14.0. The maximum absolute atomic E-state index is 11.0. The van der Waals surface area contributed by atoms with Crippen LogP contribution in [0.2, 0.25) is 0 Å². The van der Waals surface area contributed by atoms with Crippen molar-refractivity contribution in [2.24, 2.45) is 0 Å². The molecule has 18 heavy (non-hydrogen) atoms. The van der Waals surface area contributed by atoms with Crippen molar-refractivity contribution in [3.63, 3.8) is 0 Å². The molecule has 0 unspecified atom stereocenters. The van der Waals surface area contributed by atoms with Crippen molar-refractivity contribution in [3.05, 3.63) is 41.0 Å². The maximum atomic E-state index is 11.0. The molecule has 0 aromatic heterocycles. The molecule has 4 heteroatoms. The monoisotopic (exact) mass is 248 g/mol. The van der Waals surface area contributed by atoms with Crippen LogP contribution in [0.1, 0.15) is 41.3 Å². The van der Waals surface area contributed by atoms with Gasteiger partial charge in [0.2, 0.25) is 0 Å². The fourth-order valence-corrected chi connectivity index (χ4v) is 1.73. The highest BCUT2D eigenvalue weighted by molar-refractivity contribution is 5.90. The Kier molecular flexibility index (Phi) is 4.66. The van der Waals surface area contributed by atoms with Gasteiger partial charge in [0.1, 0.15) is 0 Å². The predicted octanol–water partition coefficient (Wildman–Crippen LogP) is 2.96. The van der Waals surface area contributed by atoms with Gasteiger partial charge in [-0.05, 0) is 36.1 Å². The molecule has 1 aromatic rings. The molecule has 0 amide bonds. The first-order valence-corrected chi connectivity index (χ1v) is 5.70. The number of aliphatic carboxylic acids is 1. The van der Waals surface area contributed by atoms with Gasteiger partial charge >= 0.3 is 11.9 Å². The van der Waals surface area contributed by atoms with E-state index in [0.717, 1.165) is 11.1 Å². The van der Waals surface area contributed by atoms with Crippen LogP contribution in [0.5, 0.6) is 0 Å². The van der Waals surface area contributed by atoms with Crippen molar-refractivity contribution in [1.82, 2.24) is 0 Å². The van der Waals surface area contributed by atoms with Crippen LogP contribution in [-0.2, 0) is 4.79 Å². The lowest BCUT2D eigenvalue weighted by Crippen LogP contribution is -2.01. The van der Waals surface area contributed by atoms with Gasteiger partial charge in [0.05, 0.1) is 12.0 Å². The second-order valence-electron chi connectivity index (χ2n) is 4.02. The van der Waals surface area contributed by atoms with Gasteiger partial charge in [-0.25, -0.2) is 4.79 Å². The van der Waals surface area contributed by atoms with Crippen LogP contribution >= 0.6 is 0 Å². The Bertz CT molecular complexity index is 501. The van der Waals surface area contributed by atoms with Crippen molar-refractivity contribution in [3.8, 4) is 0 Å². The molecule has 0 aliphatic heterocycles. The summed E-state index contributed by atoms with van der Waals surface area (Å²) in [4.78, 5) is 21.6. The normalized spacial score (nSPS) is 11.3. The fourth-order valence-electron chi connectivity index (χ4n) is 1.73. The summed E-state index contributed by atoms with van der Waals surface area (Å²) in [6.07, 6.45) is 2.23. The largest absolute Gasteiger partial charge is 0.481 e. The van der Waals surface area contributed by atoms with Crippen molar-refractivity contribution in [2.75, 3.05) is 0 Å². The quantitative estimate of drug-likeness (QED) is 0.840. The summed E-state index contributed by atoms with van der Waals surface area (Å²) in [5, 5.41) is 17.7. The lowest BCUT2D eigenvalue weighted by molar-refractivity contribution is -0.136. The van der Waals surface area contributed by atoms with Crippen LogP contribution in [0, 0.1) is 6.92 Å². The minimum absolute atomic E-state index is 0.0561. The van der Waals surface area contributed by atoms with Gasteiger partial charge in [-0.2, -0.15) is 0 Å². The van der Waals surface area contributed by atoms with E-state index >= 15 is 0 Å². The summed E-state index contributed by atoms with van der Waals surface area (Å²) in [7, 11) is 0. The van der Waals surface area contributed by atoms with Crippen LogP contribution in [-0.4, -0.2) is 22.2 Å². The number of hydrogen-bond donors (Lipinski definition) is 2. The minimum Gasteiger partial charge on any atom is -0.481 e. The number of allylic oxidation sites excluding steroid dienone is 1. The second kappa shape index (κ2) is 6.00. The number of aromatic carboxylic acids is 1. The topological polar surface area (TPSA) is 74.6 Å². The molecule has 0 aliphatic carbocycles. The highest BCUT2D eigenvalue weighted by Gasteiger charge is 2.09. The van der Waals surface area contributed by atoms with E-state index < -0.39 is 11.9 Å². The van der Waals surface area contributed by atoms with Crippen LogP contribution in [0.15, 0.2) is 24.3 Å². The third-order valence-corrected chi connectivity index (χ3v) is 2.74. The Hall–Kier alpha value is -2.10. The molecule has 0 aliphatic rings. The number of carbonyl (C=O) groups is 2. The average Bonchev–Trinajstić information content (AvgIpc) is 2.31. The number of benzene rings is 1. The molecule has 0 saturated carbocycles. The number of aryl methyl sites for hydroxylation is 1. The molecule has 0 fully saturated rings. The molecule has 1 rings (SSSR count). The summed E-state index contributed by atoms with van der Waals surface area (Å²) < 4.78 is 0. The minimum atomic E-state index is -0.969. The van der Waals surface area contributed by atoms with Crippen LogP contribution < -0.4 is 0 Å². The summed E-state index contributed by atoms with van der Waals surface area (Å²) >= 11 is 0. The molecular formula is C14H16O4. The third kappa shape index (κ3) is 3.45. The highest BCUT2D eigenvalue weighted by atomic mass is 16.4. The van der Waals surface area contributed by atoms with E-state index in [2.05, 4.69) is 0 Å². The van der Waals surface area contributed by atoms with Crippen molar-refractivity contribution >= 4 is 17.5 Å². The molecule has 0 atom stereocenters. The van der Waals surface area contributed by atoms with Gasteiger partial charge in [0.25, 0.3) is 0 Å². The lowest BCUT2D eigenvalue weighted by atomic mass is 9.97. The van der Waals surface area contributed by atoms with Gasteiger partial charge in [-0.3, -0.25) is 4.79 Å². The van der Waals surface area contributed by atoms with E-state index in [-0.39, 0.29) is 12.0 Å². The van der Waals surface area contributed by atoms with E-state index in [9.17, 15) is 9.59 Å². The van der Waals surface area contributed by atoms with E-state index in [4.69, 9.17) is 10.2 Å². The van der Waals surface area contributed by atoms with E-state index in [1.54, 1.807) is 25.1 Å². The predicted molar refractivity (Wildman–Crippen MR) is 68.7 cm³/mol. The smallest absolute Gasteiger partial charge is 0.335 e. The van der Waals surface area contributed by atoms with Crippen LogP contribution in [0.4, 0.5) is 0 Å². The van der Waals surface area contributed by atoms with Gasteiger partial charge < -0.3 is 10.2 Å². The third-order valence-electron chi connectivity index (χ3n) is 2.74. The SMILES string of the molecule is CC/C(=C\CC(=O)O)c1ccc(C)c(C(=O)O)c1. The van der Waals surface area contributed by atoms with Crippen molar-refractivity contribution in [1.29, 1.82) is 0 Å². The van der Waals surface area contributed by atoms with E-state index in [1.165, 1.54) is 0 Å². The highest BCUT2D eigenvalue weighted by Crippen LogP contribution is 2.22. The molecule has 0 heterocycles. The molecule has 4 nitrogen and oxygen atoms in total. The lowest BCUT2D eigenvalue weighted by Gasteiger charge is -2.08. The Balaban J connectivity index is 3.15. The summed E-state index contributed by atoms with van der Waals surface area (Å²) in [5.74, 6) is -1.87. The first-order chi connectivity index (χ1) is 8.45. The zero-order chi connectivity index (χ0) is 13.7. The summed E-state index contributed by atoms with van der Waals surface area (Å²) in [6.45, 7) is 3.65. The Morgan fingerprint density at radius 1 is 1.28 bits per heavy atom. The molecule has 0 spiro atoms.